The van der Waals surface area contributed by atoms with Crippen molar-refractivity contribution in [2.75, 3.05) is 0 Å². The number of rotatable bonds is 1. The summed E-state index contributed by atoms with van der Waals surface area (Å²) < 4.78 is 1.45. The Morgan fingerprint density at radius 1 is 1.42 bits per heavy atom. The number of halogens is 1. The van der Waals surface area contributed by atoms with Gasteiger partial charge in [0.05, 0.1) is 0 Å². The van der Waals surface area contributed by atoms with Crippen molar-refractivity contribution in [1.29, 1.82) is 0 Å². The molecule has 6 heteroatoms. The van der Waals surface area contributed by atoms with Gasteiger partial charge in [0.1, 0.15) is 12.0 Å². The van der Waals surface area contributed by atoms with Crippen LogP contribution in [-0.2, 0) is 0 Å². The maximum absolute atomic E-state index is 5.79. The van der Waals surface area contributed by atoms with Crippen LogP contribution in [0.15, 0.2) is 24.7 Å². The van der Waals surface area contributed by atoms with Gasteiger partial charge in [-0.1, -0.05) is 11.6 Å². The van der Waals surface area contributed by atoms with Crippen molar-refractivity contribution in [2.24, 2.45) is 0 Å². The summed E-state index contributed by atoms with van der Waals surface area (Å²) in [5.74, 6) is 0. The standard InChI is InChI=1S/C6H4ClN5/c7-6-5(2-1-3-8-6)12-4-9-10-11-12/h1-4H. The number of pyridine rings is 1. The van der Waals surface area contributed by atoms with Gasteiger partial charge in [-0.25, -0.2) is 4.98 Å². The maximum Gasteiger partial charge on any atom is 0.154 e. The Kier molecular flexibility index (Phi) is 1.71. The summed E-state index contributed by atoms with van der Waals surface area (Å²) in [5.41, 5.74) is 0.671. The minimum absolute atomic E-state index is 0.379. The van der Waals surface area contributed by atoms with Crippen LogP contribution in [0, 0.1) is 0 Å². The predicted octanol–water partition coefficient (Wildman–Crippen LogP) is 0.711. The number of hydrogen-bond donors (Lipinski definition) is 0. The molecule has 2 heterocycles. The highest BCUT2D eigenvalue weighted by Crippen LogP contribution is 2.14. The second kappa shape index (κ2) is 2.86. The second-order valence-corrected chi connectivity index (χ2v) is 2.43. The van der Waals surface area contributed by atoms with Crippen LogP contribution in [0.5, 0.6) is 0 Å². The average Bonchev–Trinajstić information content (AvgIpc) is 2.57. The quantitative estimate of drug-likeness (QED) is 0.608. The van der Waals surface area contributed by atoms with Gasteiger partial charge in [-0.15, -0.1) is 5.10 Å². The summed E-state index contributed by atoms with van der Waals surface area (Å²) in [6.07, 6.45) is 3.07. The molecule has 0 aliphatic carbocycles. The van der Waals surface area contributed by atoms with Crippen LogP contribution in [0.2, 0.25) is 5.15 Å². The van der Waals surface area contributed by atoms with Crippen LogP contribution in [0.4, 0.5) is 0 Å². The monoisotopic (exact) mass is 181 g/mol. The lowest BCUT2D eigenvalue weighted by atomic mass is 10.4. The molecule has 60 valence electrons. The summed E-state index contributed by atoms with van der Waals surface area (Å²) in [6.45, 7) is 0. The first kappa shape index (κ1) is 7.17. The second-order valence-electron chi connectivity index (χ2n) is 2.07. The van der Waals surface area contributed by atoms with Crippen molar-refractivity contribution in [3.8, 4) is 5.69 Å². The lowest BCUT2D eigenvalue weighted by molar-refractivity contribution is 0.786. The molecule has 0 N–H and O–H groups in total. The van der Waals surface area contributed by atoms with Crippen LogP contribution in [-0.4, -0.2) is 25.2 Å². The van der Waals surface area contributed by atoms with Crippen molar-refractivity contribution in [3.63, 3.8) is 0 Å². The molecule has 0 amide bonds. The van der Waals surface area contributed by atoms with Crippen molar-refractivity contribution >= 4 is 11.6 Å². The molecule has 5 nitrogen and oxygen atoms in total. The van der Waals surface area contributed by atoms with Gasteiger partial charge in [-0.2, -0.15) is 4.68 Å². The van der Waals surface area contributed by atoms with Gasteiger partial charge in [0.25, 0.3) is 0 Å². The van der Waals surface area contributed by atoms with Gasteiger partial charge in [-0.3, -0.25) is 0 Å². The molecule has 0 spiro atoms. The Morgan fingerprint density at radius 2 is 2.33 bits per heavy atom. The zero-order valence-corrected chi connectivity index (χ0v) is 6.68. The van der Waals surface area contributed by atoms with Crippen LogP contribution in [0.25, 0.3) is 5.69 Å². The van der Waals surface area contributed by atoms with Crippen LogP contribution >= 0.6 is 11.6 Å². The van der Waals surface area contributed by atoms with E-state index in [0.717, 1.165) is 0 Å². The third kappa shape index (κ3) is 1.14. The Balaban J connectivity index is 2.55. The van der Waals surface area contributed by atoms with E-state index in [9.17, 15) is 0 Å². The lowest BCUT2D eigenvalue weighted by Gasteiger charge is -1.98. The molecular weight excluding hydrogens is 178 g/mol. The fourth-order valence-corrected chi connectivity index (χ4v) is 1.03. The molecule has 0 saturated heterocycles. The van der Waals surface area contributed by atoms with Crippen molar-refractivity contribution in [2.45, 2.75) is 0 Å². The van der Waals surface area contributed by atoms with Gasteiger partial charge in [0, 0.05) is 6.20 Å². The highest BCUT2D eigenvalue weighted by Gasteiger charge is 2.02. The summed E-state index contributed by atoms with van der Waals surface area (Å²) in [5, 5.41) is 11.0. The molecular formula is C6H4ClN5. The smallest absolute Gasteiger partial charge is 0.154 e. The molecule has 0 aliphatic rings. The van der Waals surface area contributed by atoms with Crippen LogP contribution in [0.1, 0.15) is 0 Å². The van der Waals surface area contributed by atoms with Crippen molar-refractivity contribution < 1.29 is 0 Å². The van der Waals surface area contributed by atoms with Gasteiger partial charge < -0.3 is 0 Å². The minimum atomic E-state index is 0.379. The van der Waals surface area contributed by atoms with E-state index in [1.807, 2.05) is 0 Å². The van der Waals surface area contributed by atoms with E-state index in [0.29, 0.717) is 10.8 Å². The number of aromatic nitrogens is 5. The summed E-state index contributed by atoms with van der Waals surface area (Å²) in [6, 6.07) is 3.55. The fourth-order valence-electron chi connectivity index (χ4n) is 0.820. The molecule has 0 fully saturated rings. The molecule has 2 rings (SSSR count). The van der Waals surface area contributed by atoms with Crippen molar-refractivity contribution in [3.05, 3.63) is 29.8 Å². The summed E-state index contributed by atoms with van der Waals surface area (Å²) >= 11 is 5.79. The predicted molar refractivity (Wildman–Crippen MR) is 42.0 cm³/mol. The minimum Gasteiger partial charge on any atom is -0.242 e. The highest BCUT2D eigenvalue weighted by molar-refractivity contribution is 6.31. The zero-order chi connectivity index (χ0) is 8.39. The Hall–Kier alpha value is -1.49. The zero-order valence-electron chi connectivity index (χ0n) is 5.92. The van der Waals surface area contributed by atoms with Crippen molar-refractivity contribution in [1.82, 2.24) is 25.2 Å². The van der Waals surface area contributed by atoms with E-state index in [1.165, 1.54) is 11.0 Å². The molecule has 0 unspecified atom stereocenters. The van der Waals surface area contributed by atoms with E-state index in [1.54, 1.807) is 18.3 Å². The first-order valence-electron chi connectivity index (χ1n) is 3.22. The molecule has 0 saturated carbocycles. The van der Waals surface area contributed by atoms with Crippen LogP contribution in [0.3, 0.4) is 0 Å². The molecule has 0 bridgehead atoms. The van der Waals surface area contributed by atoms with E-state index in [2.05, 4.69) is 20.5 Å². The van der Waals surface area contributed by atoms with Gasteiger partial charge in [0.15, 0.2) is 5.15 Å². The molecule has 0 atom stereocenters. The number of tetrazole rings is 1. The Morgan fingerprint density at radius 3 is 3.00 bits per heavy atom. The molecule has 2 aromatic heterocycles. The van der Waals surface area contributed by atoms with Gasteiger partial charge in [0.2, 0.25) is 0 Å². The highest BCUT2D eigenvalue weighted by atomic mass is 35.5. The van der Waals surface area contributed by atoms with E-state index in [-0.39, 0.29) is 0 Å². The SMILES string of the molecule is Clc1ncccc1-n1cnnn1. The molecule has 12 heavy (non-hydrogen) atoms. The molecule has 0 aromatic carbocycles. The topological polar surface area (TPSA) is 56.5 Å². The first-order valence-corrected chi connectivity index (χ1v) is 3.59. The Labute approximate surface area is 73.0 Å². The van der Waals surface area contributed by atoms with E-state index in [4.69, 9.17) is 11.6 Å². The largest absolute Gasteiger partial charge is 0.242 e. The third-order valence-electron chi connectivity index (χ3n) is 1.34. The average molecular weight is 182 g/mol. The van der Waals surface area contributed by atoms with Gasteiger partial charge in [-0.05, 0) is 22.6 Å². The summed E-state index contributed by atoms with van der Waals surface area (Å²) in [7, 11) is 0. The fraction of sp³-hybridized carbons (Fsp3) is 0. The normalized spacial score (nSPS) is 10.1. The molecule has 2 aromatic rings. The number of nitrogens with zero attached hydrogens (tertiary/aromatic N) is 5. The third-order valence-corrected chi connectivity index (χ3v) is 1.63. The maximum atomic E-state index is 5.79. The van der Waals surface area contributed by atoms with E-state index >= 15 is 0 Å². The van der Waals surface area contributed by atoms with Crippen LogP contribution < -0.4 is 0 Å². The molecule has 0 aliphatic heterocycles. The lowest BCUT2D eigenvalue weighted by Crippen LogP contribution is -1.96. The Bertz CT molecular complexity index is 371. The first-order chi connectivity index (χ1) is 5.88. The van der Waals surface area contributed by atoms with E-state index < -0.39 is 0 Å². The summed E-state index contributed by atoms with van der Waals surface area (Å²) in [4.78, 5) is 3.88. The number of hydrogen-bond acceptors (Lipinski definition) is 4. The van der Waals surface area contributed by atoms with Gasteiger partial charge >= 0.3 is 0 Å². The molecule has 0 radical (unpaired) electrons.